The molecule has 0 aliphatic heterocycles. The molecule has 5 nitrogen and oxygen atoms in total. The van der Waals surface area contributed by atoms with Crippen LogP contribution in [0.5, 0.6) is 11.6 Å². The fourth-order valence-corrected chi connectivity index (χ4v) is 3.94. The molecule has 1 N–H and O–H groups in total. The molecule has 0 radical (unpaired) electrons. The molecule has 0 saturated heterocycles. The number of halogens is 1. The monoisotopic (exact) mass is 391 g/mol. The average Bonchev–Trinajstić information content (AvgIpc) is 2.75. The van der Waals surface area contributed by atoms with Crippen LogP contribution >= 0.6 is 0 Å². The van der Waals surface area contributed by atoms with E-state index in [1.807, 2.05) is 12.1 Å². The van der Waals surface area contributed by atoms with E-state index in [1.54, 1.807) is 36.7 Å². The van der Waals surface area contributed by atoms with E-state index in [-0.39, 0.29) is 11.7 Å². The molecule has 4 rings (SSSR count). The van der Waals surface area contributed by atoms with Gasteiger partial charge in [0, 0.05) is 24.1 Å². The molecule has 1 fully saturated rings. The lowest BCUT2D eigenvalue weighted by Crippen LogP contribution is -2.42. The predicted octanol–water partition coefficient (Wildman–Crippen LogP) is 5.25. The van der Waals surface area contributed by atoms with Crippen molar-refractivity contribution in [1.29, 1.82) is 0 Å². The maximum Gasteiger partial charge on any atom is 0.237 e. The zero-order valence-electron chi connectivity index (χ0n) is 16.0. The molecule has 1 aliphatic rings. The lowest BCUT2D eigenvalue weighted by Gasteiger charge is -2.36. The third kappa shape index (κ3) is 4.26. The Kier molecular flexibility index (Phi) is 5.51. The van der Waals surface area contributed by atoms with Gasteiger partial charge in [0.05, 0.1) is 11.6 Å². The highest BCUT2D eigenvalue weighted by molar-refractivity contribution is 5.99. The van der Waals surface area contributed by atoms with Gasteiger partial charge in [-0.1, -0.05) is 37.5 Å². The van der Waals surface area contributed by atoms with Gasteiger partial charge < -0.3 is 10.1 Å². The molecule has 0 spiro atoms. The largest absolute Gasteiger partial charge is 0.437 e. The van der Waals surface area contributed by atoms with Gasteiger partial charge in [0.2, 0.25) is 11.8 Å². The van der Waals surface area contributed by atoms with E-state index in [9.17, 15) is 9.18 Å². The smallest absolute Gasteiger partial charge is 0.237 e. The summed E-state index contributed by atoms with van der Waals surface area (Å²) in [6, 6.07) is 13.6. The zero-order chi connectivity index (χ0) is 20.1. The second-order valence-corrected chi connectivity index (χ2v) is 7.28. The Labute approximate surface area is 169 Å². The number of hydrogen-bond donors (Lipinski definition) is 1. The molecule has 2 aromatic carbocycles. The van der Waals surface area contributed by atoms with Crippen molar-refractivity contribution in [2.24, 2.45) is 0 Å². The van der Waals surface area contributed by atoms with Gasteiger partial charge in [-0.2, -0.15) is 0 Å². The van der Waals surface area contributed by atoms with Crippen molar-refractivity contribution in [1.82, 2.24) is 9.97 Å². The highest BCUT2D eigenvalue weighted by Crippen LogP contribution is 2.41. The number of aromatic nitrogens is 2. The van der Waals surface area contributed by atoms with Crippen LogP contribution in [-0.2, 0) is 10.2 Å². The average molecular weight is 391 g/mol. The first-order valence-electron chi connectivity index (χ1n) is 9.77. The number of carbonyl (C=O) groups is 1. The minimum absolute atomic E-state index is 0.112. The Morgan fingerprint density at radius 1 is 1.03 bits per heavy atom. The fourth-order valence-electron chi connectivity index (χ4n) is 3.94. The lowest BCUT2D eigenvalue weighted by molar-refractivity contribution is -0.122. The summed E-state index contributed by atoms with van der Waals surface area (Å²) in [5.41, 5.74) is 0.640. The van der Waals surface area contributed by atoms with E-state index in [0.717, 1.165) is 24.8 Å². The van der Waals surface area contributed by atoms with Crippen molar-refractivity contribution in [2.75, 3.05) is 5.32 Å². The van der Waals surface area contributed by atoms with Gasteiger partial charge in [-0.15, -0.1) is 0 Å². The first kappa shape index (κ1) is 19.1. The Hall–Kier alpha value is -3.28. The molecular weight excluding hydrogens is 369 g/mol. The Bertz CT molecular complexity index is 988. The summed E-state index contributed by atoms with van der Waals surface area (Å²) in [7, 11) is 0. The quantitative estimate of drug-likeness (QED) is 0.645. The normalized spacial score (nSPS) is 15.5. The second kappa shape index (κ2) is 8.39. The van der Waals surface area contributed by atoms with Crippen LogP contribution < -0.4 is 10.1 Å². The summed E-state index contributed by atoms with van der Waals surface area (Å²) >= 11 is 0. The van der Waals surface area contributed by atoms with Crippen molar-refractivity contribution in [2.45, 2.75) is 37.5 Å². The van der Waals surface area contributed by atoms with Gasteiger partial charge in [-0.3, -0.25) is 9.78 Å². The molecule has 29 heavy (non-hydrogen) atoms. The number of nitrogens with zero attached hydrogens (tertiary/aromatic N) is 2. The molecule has 6 heteroatoms. The Morgan fingerprint density at radius 3 is 2.62 bits per heavy atom. The molecular formula is C23H22FN3O2. The third-order valence-corrected chi connectivity index (χ3v) is 5.37. The van der Waals surface area contributed by atoms with Crippen LogP contribution in [0.2, 0.25) is 0 Å². The number of rotatable bonds is 5. The molecule has 0 bridgehead atoms. The van der Waals surface area contributed by atoms with Crippen molar-refractivity contribution in [3.63, 3.8) is 0 Å². The Balaban J connectivity index is 1.57. The van der Waals surface area contributed by atoms with Gasteiger partial charge in [0.1, 0.15) is 11.6 Å². The summed E-state index contributed by atoms with van der Waals surface area (Å²) in [6.07, 6.45) is 9.03. The molecule has 1 amide bonds. The topological polar surface area (TPSA) is 64.1 Å². The SMILES string of the molecule is O=C(Nc1cccc(Oc2cnccn2)c1)C1(c2cccc(F)c2)CCCCC1. The van der Waals surface area contributed by atoms with Crippen molar-refractivity contribution in [3.8, 4) is 11.6 Å². The van der Waals surface area contributed by atoms with E-state index in [1.165, 1.54) is 18.3 Å². The molecule has 1 saturated carbocycles. The van der Waals surface area contributed by atoms with E-state index >= 15 is 0 Å². The summed E-state index contributed by atoms with van der Waals surface area (Å²) in [5.74, 6) is 0.491. The second-order valence-electron chi connectivity index (χ2n) is 7.28. The number of benzene rings is 2. The van der Waals surface area contributed by atoms with Gasteiger partial charge >= 0.3 is 0 Å². The predicted molar refractivity (Wildman–Crippen MR) is 108 cm³/mol. The molecule has 1 heterocycles. The first-order valence-corrected chi connectivity index (χ1v) is 9.77. The van der Waals surface area contributed by atoms with Gasteiger partial charge in [0.15, 0.2) is 0 Å². The molecule has 1 aliphatic carbocycles. The third-order valence-electron chi connectivity index (χ3n) is 5.37. The van der Waals surface area contributed by atoms with Gasteiger partial charge in [-0.05, 0) is 42.7 Å². The summed E-state index contributed by atoms with van der Waals surface area (Å²) in [4.78, 5) is 21.4. The number of nitrogens with one attached hydrogen (secondary N) is 1. The fraction of sp³-hybridized carbons (Fsp3) is 0.261. The van der Waals surface area contributed by atoms with Crippen LogP contribution in [-0.4, -0.2) is 15.9 Å². The molecule has 1 aromatic heterocycles. The summed E-state index contributed by atoms with van der Waals surface area (Å²) in [5, 5.41) is 3.02. The van der Waals surface area contributed by atoms with Crippen LogP contribution in [0.15, 0.2) is 67.1 Å². The summed E-state index contributed by atoms with van der Waals surface area (Å²) < 4.78 is 19.6. The number of hydrogen-bond acceptors (Lipinski definition) is 4. The van der Waals surface area contributed by atoms with E-state index in [4.69, 9.17) is 4.74 Å². The van der Waals surface area contributed by atoms with E-state index < -0.39 is 5.41 Å². The van der Waals surface area contributed by atoms with Crippen LogP contribution in [0.3, 0.4) is 0 Å². The Morgan fingerprint density at radius 2 is 1.86 bits per heavy atom. The van der Waals surface area contributed by atoms with Crippen molar-refractivity contribution in [3.05, 3.63) is 78.5 Å². The zero-order valence-corrected chi connectivity index (χ0v) is 16.0. The molecule has 3 aromatic rings. The lowest BCUT2D eigenvalue weighted by atomic mass is 9.68. The van der Waals surface area contributed by atoms with E-state index in [2.05, 4.69) is 15.3 Å². The van der Waals surface area contributed by atoms with Crippen LogP contribution in [0, 0.1) is 5.82 Å². The van der Waals surface area contributed by atoms with Crippen LogP contribution in [0.4, 0.5) is 10.1 Å². The number of anilines is 1. The van der Waals surface area contributed by atoms with Gasteiger partial charge in [-0.25, -0.2) is 9.37 Å². The highest BCUT2D eigenvalue weighted by atomic mass is 19.1. The van der Waals surface area contributed by atoms with E-state index in [0.29, 0.717) is 30.2 Å². The van der Waals surface area contributed by atoms with Gasteiger partial charge in [0.25, 0.3) is 0 Å². The van der Waals surface area contributed by atoms with Crippen LogP contribution in [0.25, 0.3) is 0 Å². The highest BCUT2D eigenvalue weighted by Gasteiger charge is 2.41. The molecule has 0 atom stereocenters. The number of amides is 1. The standard InChI is InChI=1S/C23H22FN3O2/c24-18-7-4-6-17(14-18)23(10-2-1-3-11-23)22(28)27-19-8-5-9-20(15-19)29-21-16-25-12-13-26-21/h4-9,12-16H,1-3,10-11H2,(H,27,28). The minimum Gasteiger partial charge on any atom is -0.437 e. The molecule has 0 unspecified atom stereocenters. The minimum atomic E-state index is -0.720. The maximum absolute atomic E-state index is 13.9. The maximum atomic E-state index is 13.9. The first-order chi connectivity index (χ1) is 14.2. The van der Waals surface area contributed by atoms with Crippen LogP contribution in [0.1, 0.15) is 37.7 Å². The molecule has 148 valence electrons. The van der Waals surface area contributed by atoms with Crippen molar-refractivity contribution < 1.29 is 13.9 Å². The van der Waals surface area contributed by atoms with Crippen molar-refractivity contribution >= 4 is 11.6 Å². The number of carbonyl (C=O) groups excluding carboxylic acids is 1. The number of ether oxygens (including phenoxy) is 1. The summed E-state index contributed by atoms with van der Waals surface area (Å²) in [6.45, 7) is 0.